The van der Waals surface area contributed by atoms with Crippen molar-refractivity contribution in [2.75, 3.05) is 0 Å². The van der Waals surface area contributed by atoms with Crippen LogP contribution in [0.25, 0.3) is 22.4 Å². The van der Waals surface area contributed by atoms with Crippen LogP contribution in [0.3, 0.4) is 0 Å². The standard InChI is InChI=1S/C44H34P2/c1-5-19-35(20-6-1)45(36-21-7-2-8-22-36)41-31-29-33-17-13-15-27-39(33)43(41)44-40-28-16-14-18-34(40)30-32-42(44)46(37-23-9-3-10-24-37)38-25-11-4-12-26-38/h1-31,42H,32H2. The van der Waals surface area contributed by atoms with Gasteiger partial charge in [-0.15, -0.1) is 0 Å². The molecule has 1 unspecified atom stereocenters. The maximum Gasteiger partial charge on any atom is 0.0169 e. The lowest BCUT2D eigenvalue weighted by Gasteiger charge is -2.34. The summed E-state index contributed by atoms with van der Waals surface area (Å²) < 4.78 is 0. The largest absolute Gasteiger partial charge is 0.0757 e. The van der Waals surface area contributed by atoms with E-state index in [0.29, 0.717) is 5.66 Å². The Morgan fingerprint density at radius 1 is 0.435 bits per heavy atom. The molecule has 0 aliphatic heterocycles. The monoisotopic (exact) mass is 624 g/mol. The van der Waals surface area contributed by atoms with Gasteiger partial charge in [0.05, 0.1) is 0 Å². The maximum absolute atomic E-state index is 2.49. The lowest BCUT2D eigenvalue weighted by molar-refractivity contribution is 1.09. The summed E-state index contributed by atoms with van der Waals surface area (Å²) in [6.45, 7) is 0. The second-order valence-electron chi connectivity index (χ2n) is 11.7. The summed E-state index contributed by atoms with van der Waals surface area (Å²) in [5, 5.41) is 12.4. The van der Waals surface area contributed by atoms with E-state index in [2.05, 4.69) is 188 Å². The van der Waals surface area contributed by atoms with Crippen LogP contribution in [0.5, 0.6) is 0 Å². The predicted molar refractivity (Wildman–Crippen MR) is 203 cm³/mol. The molecule has 1 aliphatic carbocycles. The molecule has 0 fully saturated rings. The quantitative estimate of drug-likeness (QED) is 0.161. The second-order valence-corrected chi connectivity index (χ2v) is 16.3. The van der Waals surface area contributed by atoms with Gasteiger partial charge in [0.25, 0.3) is 0 Å². The van der Waals surface area contributed by atoms with E-state index in [1.165, 1.54) is 58.9 Å². The van der Waals surface area contributed by atoms with Crippen LogP contribution in [0.2, 0.25) is 0 Å². The molecule has 7 aromatic rings. The van der Waals surface area contributed by atoms with Crippen LogP contribution in [0, 0.1) is 0 Å². The van der Waals surface area contributed by atoms with Crippen molar-refractivity contribution in [3.63, 3.8) is 0 Å². The summed E-state index contributed by atoms with van der Waals surface area (Å²) in [6.07, 6.45) is 3.49. The molecule has 0 N–H and O–H groups in total. The molecule has 46 heavy (non-hydrogen) atoms. The summed E-state index contributed by atoms with van der Waals surface area (Å²) >= 11 is 0. The highest BCUT2D eigenvalue weighted by molar-refractivity contribution is 7.80. The minimum absolute atomic E-state index is 0.308. The summed E-state index contributed by atoms with van der Waals surface area (Å²) in [6, 6.07) is 67.8. The zero-order valence-corrected chi connectivity index (χ0v) is 27.4. The molecule has 0 saturated carbocycles. The van der Waals surface area contributed by atoms with Gasteiger partial charge in [-0.25, -0.2) is 0 Å². The van der Waals surface area contributed by atoms with Crippen molar-refractivity contribution >= 4 is 64.8 Å². The predicted octanol–water partition coefficient (Wildman–Crippen LogP) is 7.48. The first-order valence-corrected chi connectivity index (χ1v) is 18.7. The van der Waals surface area contributed by atoms with Gasteiger partial charge < -0.3 is 0 Å². The third-order valence-electron chi connectivity index (χ3n) is 8.97. The molecule has 0 spiro atoms. The van der Waals surface area contributed by atoms with Crippen LogP contribution >= 0.6 is 15.8 Å². The van der Waals surface area contributed by atoms with Crippen molar-refractivity contribution in [1.29, 1.82) is 0 Å². The topological polar surface area (TPSA) is 0 Å². The molecule has 220 valence electrons. The Morgan fingerprint density at radius 2 is 0.935 bits per heavy atom. The van der Waals surface area contributed by atoms with E-state index >= 15 is 0 Å². The molecular formula is C44H34P2. The van der Waals surface area contributed by atoms with Crippen LogP contribution in [0.15, 0.2) is 182 Å². The second kappa shape index (κ2) is 13.0. The Kier molecular flexibility index (Phi) is 8.17. The van der Waals surface area contributed by atoms with Gasteiger partial charge in [0.2, 0.25) is 0 Å². The lowest BCUT2D eigenvalue weighted by atomic mass is 9.90. The molecule has 8 rings (SSSR count). The van der Waals surface area contributed by atoms with Crippen LogP contribution in [-0.2, 0) is 0 Å². The van der Waals surface area contributed by atoms with Gasteiger partial charge in [-0.2, -0.15) is 0 Å². The minimum Gasteiger partial charge on any atom is -0.0757 e. The molecule has 0 radical (unpaired) electrons. The fraction of sp³-hybridized carbons (Fsp3) is 0.0455. The summed E-state index contributed by atoms with van der Waals surface area (Å²) in [5.41, 5.74) is 3.22. The Labute approximate surface area is 273 Å². The fourth-order valence-corrected chi connectivity index (χ4v) is 12.3. The van der Waals surface area contributed by atoms with Gasteiger partial charge in [-0.05, 0) is 81.1 Å². The first-order valence-electron chi connectivity index (χ1n) is 16.0. The highest BCUT2D eigenvalue weighted by Crippen LogP contribution is 2.49. The third kappa shape index (κ3) is 5.43. The molecule has 1 aliphatic rings. The van der Waals surface area contributed by atoms with Gasteiger partial charge >= 0.3 is 0 Å². The number of fused-ring (bicyclic) bond motifs is 2. The number of hydrogen-bond acceptors (Lipinski definition) is 0. The smallest absolute Gasteiger partial charge is 0.0169 e. The molecule has 0 heterocycles. The van der Waals surface area contributed by atoms with Gasteiger partial charge in [-0.1, -0.05) is 188 Å². The van der Waals surface area contributed by atoms with Gasteiger partial charge in [0.1, 0.15) is 0 Å². The molecule has 0 amide bonds. The summed E-state index contributed by atoms with van der Waals surface area (Å²) in [4.78, 5) is 0. The molecular weight excluding hydrogens is 590 g/mol. The molecule has 7 aromatic carbocycles. The van der Waals surface area contributed by atoms with Crippen molar-refractivity contribution in [2.45, 2.75) is 12.1 Å². The normalized spacial score (nSPS) is 14.3. The fourth-order valence-electron chi connectivity index (χ4n) is 6.99. The van der Waals surface area contributed by atoms with Crippen molar-refractivity contribution < 1.29 is 0 Å². The van der Waals surface area contributed by atoms with E-state index in [0.717, 1.165) is 6.42 Å². The van der Waals surface area contributed by atoms with E-state index < -0.39 is 15.8 Å². The molecule has 2 heteroatoms. The maximum atomic E-state index is 2.49. The van der Waals surface area contributed by atoms with Crippen LogP contribution in [-0.4, -0.2) is 5.66 Å². The molecule has 0 bridgehead atoms. The lowest BCUT2D eigenvalue weighted by Crippen LogP contribution is -2.38. The van der Waals surface area contributed by atoms with Crippen LogP contribution in [0.4, 0.5) is 0 Å². The van der Waals surface area contributed by atoms with Gasteiger partial charge in [-0.3, -0.25) is 0 Å². The molecule has 0 aromatic heterocycles. The zero-order valence-electron chi connectivity index (χ0n) is 25.6. The Bertz CT molecular complexity index is 2150. The van der Waals surface area contributed by atoms with E-state index in [4.69, 9.17) is 0 Å². The zero-order chi connectivity index (χ0) is 30.7. The van der Waals surface area contributed by atoms with Gasteiger partial charge in [0.15, 0.2) is 0 Å². The van der Waals surface area contributed by atoms with Crippen molar-refractivity contribution in [1.82, 2.24) is 0 Å². The van der Waals surface area contributed by atoms with E-state index in [-0.39, 0.29) is 0 Å². The van der Waals surface area contributed by atoms with Crippen molar-refractivity contribution in [3.05, 3.63) is 198 Å². The highest BCUT2D eigenvalue weighted by Gasteiger charge is 2.33. The van der Waals surface area contributed by atoms with Crippen LogP contribution < -0.4 is 37.0 Å². The average Bonchev–Trinajstić information content (AvgIpc) is 3.14. The Morgan fingerprint density at radius 3 is 1.54 bits per heavy atom. The first-order chi connectivity index (χ1) is 22.9. The van der Waals surface area contributed by atoms with E-state index in [1.807, 2.05) is 0 Å². The molecule has 0 saturated heterocycles. The highest BCUT2D eigenvalue weighted by atomic mass is 31.1. The van der Waals surface area contributed by atoms with Gasteiger partial charge in [0, 0.05) is 5.66 Å². The summed E-state index contributed by atoms with van der Waals surface area (Å²) in [5.74, 6) is 0. The number of hydrogen-bond donors (Lipinski definition) is 0. The minimum atomic E-state index is -0.825. The number of benzene rings is 7. The SMILES string of the molecule is C1=c2ccccc2=C(c2c(P(c3ccccc3)c3ccccc3)ccc3ccccc23)C(P(c2ccccc2)c2ccccc2)C1. The first kappa shape index (κ1) is 28.8. The summed E-state index contributed by atoms with van der Waals surface area (Å²) in [7, 11) is -1.54. The van der Waals surface area contributed by atoms with Crippen LogP contribution in [0.1, 0.15) is 12.0 Å². The van der Waals surface area contributed by atoms with E-state index in [9.17, 15) is 0 Å². The molecule has 1 atom stereocenters. The number of rotatable bonds is 7. The van der Waals surface area contributed by atoms with Crippen molar-refractivity contribution in [3.8, 4) is 0 Å². The Balaban J connectivity index is 1.49. The van der Waals surface area contributed by atoms with E-state index in [1.54, 1.807) is 0 Å². The Hall–Kier alpha value is -4.60. The third-order valence-corrected chi connectivity index (χ3v) is 14.3. The average molecular weight is 625 g/mol. The van der Waals surface area contributed by atoms with Crippen molar-refractivity contribution in [2.24, 2.45) is 0 Å². The molecule has 0 nitrogen and oxygen atoms in total.